The third-order valence-electron chi connectivity index (χ3n) is 4.43. The summed E-state index contributed by atoms with van der Waals surface area (Å²) in [5, 5.41) is 7.30. The summed E-state index contributed by atoms with van der Waals surface area (Å²) in [4.78, 5) is 14.9. The first-order valence-corrected chi connectivity index (χ1v) is 8.25. The molecule has 1 aromatic carbocycles. The second-order valence-electron chi connectivity index (χ2n) is 6.21. The number of amides is 1. The van der Waals surface area contributed by atoms with E-state index in [1.165, 1.54) is 5.56 Å². The third kappa shape index (κ3) is 3.66. The first kappa shape index (κ1) is 16.7. The van der Waals surface area contributed by atoms with Crippen LogP contribution in [0.5, 0.6) is 0 Å². The van der Waals surface area contributed by atoms with Crippen molar-refractivity contribution in [3.8, 4) is 0 Å². The van der Waals surface area contributed by atoms with Crippen molar-refractivity contribution in [2.24, 2.45) is 7.05 Å². The number of morpholine rings is 1. The molecule has 0 bridgehead atoms. The van der Waals surface area contributed by atoms with Crippen LogP contribution in [0.15, 0.2) is 24.3 Å². The number of nitrogens with zero attached hydrogens (tertiary/aromatic N) is 3. The van der Waals surface area contributed by atoms with E-state index in [-0.39, 0.29) is 5.91 Å². The van der Waals surface area contributed by atoms with Crippen LogP contribution >= 0.6 is 0 Å². The van der Waals surface area contributed by atoms with Gasteiger partial charge in [-0.15, -0.1) is 0 Å². The van der Waals surface area contributed by atoms with E-state index < -0.39 is 0 Å². The number of anilines is 1. The predicted octanol–water partition coefficient (Wildman–Crippen LogP) is 2.12. The van der Waals surface area contributed by atoms with Crippen LogP contribution < -0.4 is 5.32 Å². The van der Waals surface area contributed by atoms with Gasteiger partial charge in [-0.3, -0.25) is 14.4 Å². The van der Waals surface area contributed by atoms with Gasteiger partial charge in [0, 0.05) is 38.1 Å². The summed E-state index contributed by atoms with van der Waals surface area (Å²) in [6.45, 7) is 8.11. The van der Waals surface area contributed by atoms with Crippen LogP contribution in [0.4, 0.5) is 5.69 Å². The van der Waals surface area contributed by atoms with Crippen LogP contribution in [0.25, 0.3) is 0 Å². The Morgan fingerprint density at radius 2 is 2.04 bits per heavy atom. The summed E-state index contributed by atoms with van der Waals surface area (Å²) in [5.74, 6) is -0.110. The lowest BCUT2D eigenvalue weighted by molar-refractivity contribution is 0.0342. The largest absolute Gasteiger partial charge is 0.379 e. The van der Waals surface area contributed by atoms with E-state index in [1.54, 1.807) is 4.68 Å². The molecule has 6 nitrogen and oxygen atoms in total. The van der Waals surface area contributed by atoms with Crippen molar-refractivity contribution in [3.63, 3.8) is 0 Å². The maximum atomic E-state index is 12.6. The smallest absolute Gasteiger partial charge is 0.259 e. The van der Waals surface area contributed by atoms with Gasteiger partial charge in [0.2, 0.25) is 0 Å². The van der Waals surface area contributed by atoms with Crippen LogP contribution in [0.1, 0.15) is 27.3 Å². The first-order valence-electron chi connectivity index (χ1n) is 8.25. The van der Waals surface area contributed by atoms with Gasteiger partial charge in [-0.2, -0.15) is 5.10 Å². The molecule has 1 aliphatic heterocycles. The van der Waals surface area contributed by atoms with E-state index >= 15 is 0 Å². The molecule has 0 unspecified atom stereocenters. The van der Waals surface area contributed by atoms with Gasteiger partial charge in [-0.1, -0.05) is 12.1 Å². The van der Waals surface area contributed by atoms with Gasteiger partial charge in [0.05, 0.1) is 24.5 Å². The van der Waals surface area contributed by atoms with Crippen molar-refractivity contribution in [2.45, 2.75) is 20.4 Å². The summed E-state index contributed by atoms with van der Waals surface area (Å²) < 4.78 is 7.12. The molecule has 2 aromatic rings. The molecule has 1 N–H and O–H groups in total. The molecule has 1 aliphatic rings. The van der Waals surface area contributed by atoms with Gasteiger partial charge in [0.15, 0.2) is 0 Å². The molecule has 24 heavy (non-hydrogen) atoms. The van der Waals surface area contributed by atoms with Gasteiger partial charge in [0.1, 0.15) is 0 Å². The normalized spacial score (nSPS) is 15.5. The molecule has 0 saturated carbocycles. The first-order chi connectivity index (χ1) is 11.5. The molecule has 1 fully saturated rings. The second kappa shape index (κ2) is 7.15. The average molecular weight is 328 g/mol. The van der Waals surface area contributed by atoms with Crippen LogP contribution in [0.3, 0.4) is 0 Å². The molecule has 6 heteroatoms. The van der Waals surface area contributed by atoms with Crippen LogP contribution in [0.2, 0.25) is 0 Å². The highest BCUT2D eigenvalue weighted by Crippen LogP contribution is 2.17. The number of nitrogens with one attached hydrogen (secondary N) is 1. The zero-order valence-corrected chi connectivity index (χ0v) is 14.5. The van der Waals surface area contributed by atoms with E-state index in [0.717, 1.165) is 49.9 Å². The Hall–Kier alpha value is -2.18. The Morgan fingerprint density at radius 1 is 1.29 bits per heavy atom. The summed E-state index contributed by atoms with van der Waals surface area (Å²) in [6, 6.07) is 8.02. The fourth-order valence-corrected chi connectivity index (χ4v) is 3.06. The van der Waals surface area contributed by atoms with E-state index in [1.807, 2.05) is 39.1 Å². The lowest BCUT2D eigenvalue weighted by Gasteiger charge is -2.26. The number of carbonyl (C=O) groups excluding carboxylic acids is 1. The Labute approximate surface area is 142 Å². The minimum Gasteiger partial charge on any atom is -0.379 e. The molecule has 1 amide bonds. The quantitative estimate of drug-likeness (QED) is 0.934. The number of hydrogen-bond acceptors (Lipinski definition) is 4. The highest BCUT2D eigenvalue weighted by Gasteiger charge is 2.17. The monoisotopic (exact) mass is 328 g/mol. The van der Waals surface area contributed by atoms with Crippen LogP contribution in [-0.2, 0) is 18.3 Å². The fraction of sp³-hybridized carbons (Fsp3) is 0.444. The summed E-state index contributed by atoms with van der Waals surface area (Å²) >= 11 is 0. The maximum Gasteiger partial charge on any atom is 0.259 e. The number of ether oxygens (including phenoxy) is 1. The number of aryl methyl sites for hydroxylation is 2. The van der Waals surface area contributed by atoms with Gasteiger partial charge in [0.25, 0.3) is 5.91 Å². The molecule has 0 radical (unpaired) electrons. The minimum absolute atomic E-state index is 0.110. The van der Waals surface area contributed by atoms with Crippen LogP contribution in [0, 0.1) is 13.8 Å². The van der Waals surface area contributed by atoms with E-state index in [9.17, 15) is 4.79 Å². The number of benzene rings is 1. The SMILES string of the molecule is Cc1nn(C)c(C)c1C(=O)Nc1cccc(CN2CCOCC2)c1. The molecule has 1 saturated heterocycles. The summed E-state index contributed by atoms with van der Waals surface area (Å²) in [6.07, 6.45) is 0. The zero-order valence-electron chi connectivity index (χ0n) is 14.5. The molecule has 0 aliphatic carbocycles. The van der Waals surface area contributed by atoms with E-state index in [2.05, 4.69) is 21.4 Å². The Bertz CT molecular complexity index is 733. The fourth-order valence-electron chi connectivity index (χ4n) is 3.06. The van der Waals surface area contributed by atoms with Crippen molar-refractivity contribution < 1.29 is 9.53 Å². The molecule has 0 spiro atoms. The maximum absolute atomic E-state index is 12.6. The zero-order chi connectivity index (χ0) is 17.1. The Kier molecular flexibility index (Phi) is 4.97. The molecule has 3 rings (SSSR count). The predicted molar refractivity (Wildman–Crippen MR) is 93.2 cm³/mol. The Balaban J connectivity index is 1.71. The lowest BCUT2D eigenvalue weighted by Crippen LogP contribution is -2.35. The van der Waals surface area contributed by atoms with Crippen molar-refractivity contribution in [2.75, 3.05) is 31.6 Å². The number of carbonyl (C=O) groups is 1. The van der Waals surface area contributed by atoms with Crippen LogP contribution in [-0.4, -0.2) is 46.9 Å². The van der Waals surface area contributed by atoms with Gasteiger partial charge in [-0.25, -0.2) is 0 Å². The lowest BCUT2D eigenvalue weighted by atomic mass is 10.1. The second-order valence-corrected chi connectivity index (χ2v) is 6.21. The minimum atomic E-state index is -0.110. The molecule has 1 aromatic heterocycles. The molecule has 2 heterocycles. The number of hydrogen-bond donors (Lipinski definition) is 1. The summed E-state index contributed by atoms with van der Waals surface area (Å²) in [7, 11) is 1.85. The Morgan fingerprint density at radius 3 is 2.71 bits per heavy atom. The number of rotatable bonds is 4. The molecular formula is C18H24N4O2. The molecular weight excluding hydrogens is 304 g/mol. The van der Waals surface area contributed by atoms with E-state index in [0.29, 0.717) is 5.56 Å². The van der Waals surface area contributed by atoms with Crippen molar-refractivity contribution in [1.29, 1.82) is 0 Å². The molecule has 128 valence electrons. The van der Waals surface area contributed by atoms with Crippen molar-refractivity contribution in [1.82, 2.24) is 14.7 Å². The third-order valence-corrected chi connectivity index (χ3v) is 4.43. The topological polar surface area (TPSA) is 59.4 Å². The van der Waals surface area contributed by atoms with Crippen molar-refractivity contribution >= 4 is 11.6 Å². The standard InChI is InChI=1S/C18H24N4O2/c1-13-17(14(2)21(3)20-13)18(23)19-16-6-4-5-15(11-16)12-22-7-9-24-10-8-22/h4-6,11H,7-10,12H2,1-3H3,(H,19,23). The van der Waals surface area contributed by atoms with Gasteiger partial charge < -0.3 is 10.1 Å². The van der Waals surface area contributed by atoms with Gasteiger partial charge >= 0.3 is 0 Å². The summed E-state index contributed by atoms with van der Waals surface area (Å²) in [5.41, 5.74) is 4.27. The number of aromatic nitrogens is 2. The van der Waals surface area contributed by atoms with Crippen molar-refractivity contribution in [3.05, 3.63) is 46.8 Å². The highest BCUT2D eigenvalue weighted by molar-refractivity contribution is 6.05. The average Bonchev–Trinajstić information content (AvgIpc) is 2.81. The van der Waals surface area contributed by atoms with Gasteiger partial charge in [-0.05, 0) is 31.5 Å². The van der Waals surface area contributed by atoms with E-state index in [4.69, 9.17) is 4.74 Å². The molecule has 0 atom stereocenters. The highest BCUT2D eigenvalue weighted by atomic mass is 16.5.